The van der Waals surface area contributed by atoms with Crippen LogP contribution in [0.1, 0.15) is 102 Å². The molecule has 0 atom stereocenters. The molecule has 4 nitrogen and oxygen atoms in total. The first-order valence-electron chi connectivity index (χ1n) is 14.9. The number of hydrogen-bond donors (Lipinski definition) is 1. The Hall–Kier alpha value is -2.11. The number of halogens is 1. The monoisotopic (exact) mass is 570 g/mol. The minimum Gasteiger partial charge on any atom is -0.492 e. The summed E-state index contributed by atoms with van der Waals surface area (Å²) in [6, 6.07) is 13.7. The summed E-state index contributed by atoms with van der Waals surface area (Å²) in [6.45, 7) is 5.90. The fraction of sp³-hybridized carbons (Fsp3) is 0.545. The van der Waals surface area contributed by atoms with Crippen LogP contribution in [0.4, 0.5) is 5.69 Å². The van der Waals surface area contributed by atoms with Gasteiger partial charge in [0.1, 0.15) is 5.75 Å². The quantitative estimate of drug-likeness (QED) is 0.171. The molecule has 1 aliphatic rings. The van der Waals surface area contributed by atoms with Crippen molar-refractivity contribution in [2.24, 2.45) is 0 Å². The van der Waals surface area contributed by atoms with Gasteiger partial charge in [-0.3, -0.25) is 4.79 Å². The minimum atomic E-state index is -0.0470. The van der Waals surface area contributed by atoms with Gasteiger partial charge >= 0.3 is 0 Å². The number of nitrogens with one attached hydrogen (secondary N) is 1. The molecule has 0 saturated carbocycles. The van der Waals surface area contributed by atoms with Crippen molar-refractivity contribution < 1.29 is 9.53 Å². The number of allylic oxidation sites excluding steroid dienone is 1. The maximum Gasteiger partial charge on any atom is 0.228 e. The third-order valence-corrected chi connectivity index (χ3v) is 8.46. The summed E-state index contributed by atoms with van der Waals surface area (Å²) in [5.41, 5.74) is 4.19. The average Bonchev–Trinajstić information content (AvgIpc) is 3.32. The maximum absolute atomic E-state index is 12.8. The molecule has 1 aliphatic heterocycles. The van der Waals surface area contributed by atoms with Crippen LogP contribution >= 0.6 is 23.4 Å². The molecule has 2 aromatic carbocycles. The Morgan fingerprint density at radius 2 is 1.62 bits per heavy atom. The first kappa shape index (κ1) is 31.4. The lowest BCUT2D eigenvalue weighted by atomic mass is 10.1. The van der Waals surface area contributed by atoms with Crippen molar-refractivity contribution in [3.8, 4) is 5.75 Å². The summed E-state index contributed by atoms with van der Waals surface area (Å²) in [5.74, 6) is 1.59. The van der Waals surface area contributed by atoms with E-state index in [0.717, 1.165) is 30.1 Å². The number of carbonyl (C=O) groups is 1. The number of ether oxygens (including phenoxy) is 1. The van der Waals surface area contributed by atoms with Crippen LogP contribution < -0.4 is 10.1 Å². The fourth-order valence-electron chi connectivity index (χ4n) is 4.85. The third-order valence-electron chi connectivity index (χ3n) is 7.18. The lowest BCUT2D eigenvalue weighted by Gasteiger charge is -2.19. The van der Waals surface area contributed by atoms with Crippen molar-refractivity contribution in [1.29, 1.82) is 0 Å². The number of amides is 1. The van der Waals surface area contributed by atoms with Crippen LogP contribution in [-0.2, 0) is 17.8 Å². The second-order valence-electron chi connectivity index (χ2n) is 10.7. The summed E-state index contributed by atoms with van der Waals surface area (Å²) in [7, 11) is 0. The number of carbonyl (C=O) groups excluding carboxylic acids is 1. The zero-order valence-electron chi connectivity index (χ0n) is 24.0. The second kappa shape index (κ2) is 18.3. The highest BCUT2D eigenvalue weighted by Crippen LogP contribution is 2.27. The molecule has 0 aliphatic carbocycles. The lowest BCUT2D eigenvalue weighted by molar-refractivity contribution is -0.115. The number of hydrogen-bond acceptors (Lipinski definition) is 4. The van der Waals surface area contributed by atoms with Crippen LogP contribution in [0, 0.1) is 0 Å². The molecular weight excluding hydrogens is 524 g/mol. The normalized spacial score (nSPS) is 13.0. The number of anilines is 1. The molecule has 0 radical (unpaired) electrons. The molecule has 214 valence electrons. The van der Waals surface area contributed by atoms with Gasteiger partial charge in [0.15, 0.2) is 0 Å². The predicted molar refractivity (Wildman–Crippen MR) is 169 cm³/mol. The van der Waals surface area contributed by atoms with E-state index in [1.807, 2.05) is 42.1 Å². The Bertz CT molecular complexity index is 1040. The zero-order chi connectivity index (χ0) is 27.7. The number of unbranched alkanes of at least 4 members (excludes halogenated alkanes) is 11. The van der Waals surface area contributed by atoms with E-state index in [1.54, 1.807) is 0 Å². The maximum atomic E-state index is 12.8. The number of nitrogens with zero attached hydrogens (tertiary/aromatic N) is 1. The summed E-state index contributed by atoms with van der Waals surface area (Å²) in [6.07, 6.45) is 16.1. The van der Waals surface area contributed by atoms with Crippen LogP contribution in [0.5, 0.6) is 5.75 Å². The first-order chi connectivity index (χ1) is 19.0. The third kappa shape index (κ3) is 12.3. The molecule has 1 N–H and O–H groups in total. The van der Waals surface area contributed by atoms with Gasteiger partial charge in [0, 0.05) is 17.9 Å². The van der Waals surface area contributed by atoms with Gasteiger partial charge in [-0.05, 0) is 54.1 Å². The Balaban J connectivity index is 1.32. The van der Waals surface area contributed by atoms with Gasteiger partial charge in [-0.15, -0.1) is 11.8 Å². The summed E-state index contributed by atoms with van der Waals surface area (Å²) < 4.78 is 5.98. The van der Waals surface area contributed by atoms with Crippen LogP contribution in [0.2, 0.25) is 5.02 Å². The SMILES string of the molecule is CCCCCCCCCCCCCCOc1cc(CC(=O)Nc2cccc(CN3CSC=C3C)c2)ccc1Cl. The average molecular weight is 571 g/mol. The molecular formula is C33H47ClN2O2S. The molecule has 1 heterocycles. The molecule has 2 aromatic rings. The Morgan fingerprint density at radius 3 is 2.28 bits per heavy atom. The van der Waals surface area contributed by atoms with Crippen LogP contribution in [0.15, 0.2) is 53.6 Å². The highest BCUT2D eigenvalue weighted by molar-refractivity contribution is 8.02. The van der Waals surface area contributed by atoms with E-state index in [2.05, 4.69) is 41.6 Å². The standard InChI is InChI=1S/C33H47ClN2O2S/c1-3-4-5-6-7-8-9-10-11-12-13-14-20-38-32-22-28(18-19-31(32)34)23-33(37)35-30-17-15-16-29(21-30)24-36-26-39-25-27(36)2/h15-19,21-22,25H,3-14,20,23-24,26H2,1-2H3,(H,35,37). The van der Waals surface area contributed by atoms with Crippen molar-refractivity contribution in [2.45, 2.75) is 104 Å². The van der Waals surface area contributed by atoms with Crippen molar-refractivity contribution in [2.75, 3.05) is 17.8 Å². The van der Waals surface area contributed by atoms with Gasteiger partial charge in [-0.25, -0.2) is 0 Å². The molecule has 0 fully saturated rings. The molecule has 0 spiro atoms. The first-order valence-corrected chi connectivity index (χ1v) is 16.3. The lowest BCUT2D eigenvalue weighted by Crippen LogP contribution is -2.17. The Labute approximate surface area is 245 Å². The van der Waals surface area contributed by atoms with E-state index in [9.17, 15) is 4.79 Å². The van der Waals surface area contributed by atoms with Gasteiger partial charge < -0.3 is 15.0 Å². The highest BCUT2D eigenvalue weighted by atomic mass is 35.5. The zero-order valence-corrected chi connectivity index (χ0v) is 25.6. The molecule has 0 bridgehead atoms. The van der Waals surface area contributed by atoms with E-state index in [0.29, 0.717) is 17.4 Å². The number of thioether (sulfide) groups is 1. The van der Waals surface area contributed by atoms with E-state index in [4.69, 9.17) is 16.3 Å². The van der Waals surface area contributed by atoms with Gasteiger partial charge in [0.2, 0.25) is 5.91 Å². The molecule has 0 aromatic heterocycles. The van der Waals surface area contributed by atoms with E-state index >= 15 is 0 Å². The van der Waals surface area contributed by atoms with E-state index in [1.165, 1.54) is 81.9 Å². The van der Waals surface area contributed by atoms with Gasteiger partial charge in [0.25, 0.3) is 0 Å². The molecule has 0 saturated heterocycles. The van der Waals surface area contributed by atoms with Gasteiger partial charge in [0.05, 0.1) is 23.9 Å². The minimum absolute atomic E-state index is 0.0470. The highest BCUT2D eigenvalue weighted by Gasteiger charge is 2.13. The molecule has 3 rings (SSSR count). The number of rotatable bonds is 19. The topological polar surface area (TPSA) is 41.6 Å². The molecule has 39 heavy (non-hydrogen) atoms. The molecule has 6 heteroatoms. The van der Waals surface area contributed by atoms with Gasteiger partial charge in [-0.2, -0.15) is 0 Å². The Morgan fingerprint density at radius 1 is 0.923 bits per heavy atom. The Kier molecular flexibility index (Phi) is 14.7. The van der Waals surface area contributed by atoms with E-state index in [-0.39, 0.29) is 12.3 Å². The van der Waals surface area contributed by atoms with Gasteiger partial charge in [-0.1, -0.05) is 107 Å². The largest absolute Gasteiger partial charge is 0.492 e. The smallest absolute Gasteiger partial charge is 0.228 e. The fourth-order valence-corrected chi connectivity index (χ4v) is 5.96. The number of benzene rings is 2. The van der Waals surface area contributed by atoms with Crippen LogP contribution in [-0.4, -0.2) is 23.3 Å². The second-order valence-corrected chi connectivity index (χ2v) is 11.9. The van der Waals surface area contributed by atoms with E-state index < -0.39 is 0 Å². The van der Waals surface area contributed by atoms with Crippen LogP contribution in [0.25, 0.3) is 0 Å². The predicted octanol–water partition coefficient (Wildman–Crippen LogP) is 9.97. The van der Waals surface area contributed by atoms with Crippen molar-refractivity contribution in [3.63, 3.8) is 0 Å². The van der Waals surface area contributed by atoms with Crippen molar-refractivity contribution in [3.05, 3.63) is 69.7 Å². The summed E-state index contributed by atoms with van der Waals surface area (Å²) in [4.78, 5) is 15.1. The van der Waals surface area contributed by atoms with Crippen LogP contribution in [0.3, 0.4) is 0 Å². The van der Waals surface area contributed by atoms with Crippen molar-refractivity contribution >= 4 is 35.0 Å². The molecule has 0 unspecified atom stereocenters. The summed E-state index contributed by atoms with van der Waals surface area (Å²) >= 11 is 8.19. The summed E-state index contributed by atoms with van der Waals surface area (Å²) in [5, 5.41) is 5.83. The molecule has 1 amide bonds. The van der Waals surface area contributed by atoms with Crippen molar-refractivity contribution in [1.82, 2.24) is 4.90 Å².